The van der Waals surface area contributed by atoms with Crippen LogP contribution < -0.4 is 5.32 Å². The van der Waals surface area contributed by atoms with Gasteiger partial charge >= 0.3 is 5.97 Å². The number of carbonyl (C=O) groups excluding carboxylic acids is 2. The van der Waals surface area contributed by atoms with E-state index in [2.05, 4.69) is 5.32 Å². The van der Waals surface area contributed by atoms with Crippen LogP contribution >= 0.6 is 0 Å². The second kappa shape index (κ2) is 5.27. The Balaban J connectivity index is 2.71. The molecule has 6 heteroatoms. The summed E-state index contributed by atoms with van der Waals surface area (Å²) in [5.74, 6) is -0.758. The summed E-state index contributed by atoms with van der Waals surface area (Å²) in [5, 5.41) is 2.61. The van der Waals surface area contributed by atoms with Crippen molar-refractivity contribution in [1.29, 1.82) is 0 Å². The Morgan fingerprint density at radius 3 is 2.50 bits per heavy atom. The molecule has 1 fully saturated rings. The third kappa shape index (κ3) is 2.33. The van der Waals surface area contributed by atoms with Gasteiger partial charge in [-0.15, -0.1) is 0 Å². The van der Waals surface area contributed by atoms with Crippen LogP contribution in [0.1, 0.15) is 19.8 Å². The van der Waals surface area contributed by atoms with Gasteiger partial charge in [-0.2, -0.15) is 0 Å². The van der Waals surface area contributed by atoms with Crippen LogP contribution in [0.25, 0.3) is 0 Å². The quantitative estimate of drug-likeness (QED) is 0.524. The molecule has 1 aliphatic rings. The summed E-state index contributed by atoms with van der Waals surface area (Å²) in [5.41, 5.74) is -1.04. The molecule has 1 rings (SSSR count). The first-order chi connectivity index (χ1) is 7.56. The average molecular weight is 231 g/mol. The number of ether oxygens (including phenoxy) is 3. The summed E-state index contributed by atoms with van der Waals surface area (Å²) in [4.78, 5) is 22.8. The fourth-order valence-electron chi connectivity index (χ4n) is 1.85. The smallest absolute Gasteiger partial charge is 0.334 e. The van der Waals surface area contributed by atoms with Gasteiger partial charge in [0.15, 0.2) is 5.54 Å². The van der Waals surface area contributed by atoms with Gasteiger partial charge in [-0.3, -0.25) is 4.79 Å². The first-order valence-corrected chi connectivity index (χ1v) is 5.04. The molecule has 1 aliphatic carbocycles. The Morgan fingerprint density at radius 2 is 2.12 bits per heavy atom. The molecule has 0 unspecified atom stereocenters. The van der Waals surface area contributed by atoms with Gasteiger partial charge in [-0.05, 0) is 12.8 Å². The molecule has 1 saturated carbocycles. The first-order valence-electron chi connectivity index (χ1n) is 5.04. The van der Waals surface area contributed by atoms with Crippen molar-refractivity contribution in [3.63, 3.8) is 0 Å². The van der Waals surface area contributed by atoms with Gasteiger partial charge < -0.3 is 19.5 Å². The lowest BCUT2D eigenvalue weighted by atomic mass is 9.73. The lowest BCUT2D eigenvalue weighted by Crippen LogP contribution is -2.68. The predicted octanol–water partition coefficient (Wildman–Crippen LogP) is -0.183. The van der Waals surface area contributed by atoms with Crippen LogP contribution in [0.4, 0.5) is 0 Å². The molecule has 0 aromatic heterocycles. The molecule has 6 nitrogen and oxygen atoms in total. The van der Waals surface area contributed by atoms with Crippen molar-refractivity contribution in [2.45, 2.75) is 31.4 Å². The van der Waals surface area contributed by atoms with Crippen LogP contribution in [-0.4, -0.2) is 44.5 Å². The maximum atomic E-state index is 11.7. The zero-order valence-electron chi connectivity index (χ0n) is 9.74. The fraction of sp³-hybridized carbons (Fsp3) is 0.800. The lowest BCUT2D eigenvalue weighted by Gasteiger charge is -2.46. The number of amides is 1. The van der Waals surface area contributed by atoms with E-state index >= 15 is 0 Å². The van der Waals surface area contributed by atoms with Crippen LogP contribution in [0.5, 0.6) is 0 Å². The SMILES string of the molecule is COCO[C@H]1CC[C@@]1(NC(C)=O)C(=O)OC. The van der Waals surface area contributed by atoms with E-state index < -0.39 is 11.5 Å². The Labute approximate surface area is 94.2 Å². The molecule has 0 spiro atoms. The topological polar surface area (TPSA) is 73.9 Å². The number of esters is 1. The average Bonchev–Trinajstić information content (AvgIpc) is 2.23. The normalized spacial score (nSPS) is 28.1. The third-order valence-electron chi connectivity index (χ3n) is 2.69. The van der Waals surface area contributed by atoms with Crippen LogP contribution in [0.3, 0.4) is 0 Å². The summed E-state index contributed by atoms with van der Waals surface area (Å²) in [7, 11) is 2.79. The van der Waals surface area contributed by atoms with Crippen LogP contribution in [-0.2, 0) is 23.8 Å². The van der Waals surface area contributed by atoms with E-state index in [1.165, 1.54) is 21.1 Å². The number of methoxy groups -OCH3 is 2. The molecule has 2 atom stereocenters. The lowest BCUT2D eigenvalue weighted by molar-refractivity contribution is -0.182. The second-order valence-corrected chi connectivity index (χ2v) is 3.74. The molecule has 0 aromatic carbocycles. The van der Waals surface area contributed by atoms with Crippen molar-refractivity contribution in [1.82, 2.24) is 5.32 Å². The summed E-state index contributed by atoms with van der Waals surface area (Å²) < 4.78 is 14.8. The molecule has 0 saturated heterocycles. The predicted molar refractivity (Wildman–Crippen MR) is 54.5 cm³/mol. The van der Waals surface area contributed by atoms with Gasteiger partial charge in [-0.25, -0.2) is 4.79 Å². The standard InChI is InChI=1S/C10H17NO5/c1-7(12)11-10(9(13)15-3)5-4-8(10)16-6-14-2/h8H,4-6H2,1-3H3,(H,11,12)/t8-,10-/m0/s1. The third-order valence-corrected chi connectivity index (χ3v) is 2.69. The molecular formula is C10H17NO5. The molecule has 0 aliphatic heterocycles. The number of carbonyl (C=O) groups is 2. The van der Waals surface area contributed by atoms with E-state index in [9.17, 15) is 9.59 Å². The van der Waals surface area contributed by atoms with Gasteiger partial charge in [0.1, 0.15) is 6.79 Å². The molecule has 0 radical (unpaired) electrons. The Hall–Kier alpha value is -1.14. The molecule has 0 heterocycles. The van der Waals surface area contributed by atoms with E-state index in [0.29, 0.717) is 12.8 Å². The summed E-state index contributed by atoms with van der Waals surface area (Å²) in [6.45, 7) is 1.44. The molecule has 1 N–H and O–H groups in total. The van der Waals surface area contributed by atoms with Gasteiger partial charge in [0.2, 0.25) is 5.91 Å². The maximum absolute atomic E-state index is 11.7. The van der Waals surface area contributed by atoms with Crippen molar-refractivity contribution in [3.05, 3.63) is 0 Å². The first kappa shape index (κ1) is 12.9. The van der Waals surface area contributed by atoms with E-state index in [0.717, 1.165) is 0 Å². The van der Waals surface area contributed by atoms with Crippen LogP contribution in [0, 0.1) is 0 Å². The summed E-state index contributed by atoms with van der Waals surface area (Å²) in [6.07, 6.45) is 0.829. The summed E-state index contributed by atoms with van der Waals surface area (Å²) in [6, 6.07) is 0. The Morgan fingerprint density at radius 1 is 1.44 bits per heavy atom. The van der Waals surface area contributed by atoms with Crippen molar-refractivity contribution in [2.75, 3.05) is 21.0 Å². The zero-order chi connectivity index (χ0) is 12.2. The number of hydrogen-bond donors (Lipinski definition) is 1. The second-order valence-electron chi connectivity index (χ2n) is 3.74. The Kier molecular flexibility index (Phi) is 4.26. The minimum atomic E-state index is -1.04. The van der Waals surface area contributed by atoms with Crippen LogP contribution in [0.15, 0.2) is 0 Å². The van der Waals surface area contributed by atoms with Crippen molar-refractivity contribution in [3.8, 4) is 0 Å². The van der Waals surface area contributed by atoms with Gasteiger partial charge in [0.05, 0.1) is 13.2 Å². The minimum absolute atomic E-state index is 0.0863. The molecule has 1 amide bonds. The van der Waals surface area contributed by atoms with E-state index in [-0.39, 0.29) is 18.8 Å². The molecule has 16 heavy (non-hydrogen) atoms. The zero-order valence-corrected chi connectivity index (χ0v) is 9.74. The molecular weight excluding hydrogens is 214 g/mol. The summed E-state index contributed by atoms with van der Waals surface area (Å²) >= 11 is 0. The van der Waals surface area contributed by atoms with Gasteiger partial charge in [0, 0.05) is 14.0 Å². The van der Waals surface area contributed by atoms with Crippen molar-refractivity contribution in [2.24, 2.45) is 0 Å². The monoisotopic (exact) mass is 231 g/mol. The fourth-order valence-corrected chi connectivity index (χ4v) is 1.85. The van der Waals surface area contributed by atoms with Crippen molar-refractivity contribution < 1.29 is 23.8 Å². The number of rotatable bonds is 5. The van der Waals surface area contributed by atoms with Crippen molar-refractivity contribution >= 4 is 11.9 Å². The van der Waals surface area contributed by atoms with Crippen LogP contribution in [0.2, 0.25) is 0 Å². The number of hydrogen-bond acceptors (Lipinski definition) is 5. The number of nitrogens with one attached hydrogen (secondary N) is 1. The highest BCUT2D eigenvalue weighted by atomic mass is 16.7. The van der Waals surface area contributed by atoms with Gasteiger partial charge in [0.25, 0.3) is 0 Å². The largest absolute Gasteiger partial charge is 0.467 e. The highest BCUT2D eigenvalue weighted by Crippen LogP contribution is 2.36. The molecule has 0 aromatic rings. The van der Waals surface area contributed by atoms with E-state index in [4.69, 9.17) is 14.2 Å². The highest BCUT2D eigenvalue weighted by Gasteiger charge is 2.55. The van der Waals surface area contributed by atoms with E-state index in [1.54, 1.807) is 0 Å². The van der Waals surface area contributed by atoms with Gasteiger partial charge in [-0.1, -0.05) is 0 Å². The Bertz CT molecular complexity index is 280. The molecule has 92 valence electrons. The highest BCUT2D eigenvalue weighted by molar-refractivity contribution is 5.89. The van der Waals surface area contributed by atoms with E-state index in [1.807, 2.05) is 0 Å². The molecule has 0 bridgehead atoms. The maximum Gasteiger partial charge on any atom is 0.334 e. The minimum Gasteiger partial charge on any atom is -0.467 e.